The molecule has 0 rings (SSSR count). The van der Waals surface area contributed by atoms with Gasteiger partial charge in [-0.2, -0.15) is 0 Å². The number of nitrogens with zero attached hydrogens (tertiary/aromatic N) is 1. The van der Waals surface area contributed by atoms with E-state index >= 15 is 0 Å². The van der Waals surface area contributed by atoms with E-state index in [0.29, 0.717) is 6.54 Å². The Bertz CT molecular complexity index is 156. The van der Waals surface area contributed by atoms with Gasteiger partial charge in [-0.05, 0) is 26.9 Å². The van der Waals surface area contributed by atoms with Gasteiger partial charge in [0.15, 0.2) is 0 Å². The molecule has 0 aromatic heterocycles. The summed E-state index contributed by atoms with van der Waals surface area (Å²) in [4.78, 5) is 13.3. The Morgan fingerprint density at radius 2 is 1.93 bits per heavy atom. The third kappa shape index (κ3) is 6.71. The first-order chi connectivity index (χ1) is 6.60. The predicted octanol–water partition coefficient (Wildman–Crippen LogP) is 1.46. The highest BCUT2D eigenvalue weighted by Crippen LogP contribution is 1.88. The maximum absolute atomic E-state index is 11.1. The molecule has 14 heavy (non-hydrogen) atoms. The van der Waals surface area contributed by atoms with Crippen LogP contribution in [0, 0.1) is 0 Å². The standard InChI is InChI=1S/C10H22N2O2/c1-5-12(6-2)8-7-11-10(13)14-9(3)4/h9H,5-8H2,1-4H3,(H,11,13). The van der Waals surface area contributed by atoms with E-state index in [4.69, 9.17) is 4.74 Å². The number of rotatable bonds is 6. The number of nitrogens with one attached hydrogen (secondary N) is 1. The zero-order chi connectivity index (χ0) is 11.0. The monoisotopic (exact) mass is 202 g/mol. The second kappa shape index (κ2) is 7.62. The molecule has 1 amide bonds. The number of carbonyl (C=O) groups is 1. The van der Waals surface area contributed by atoms with Crippen molar-refractivity contribution in [3.63, 3.8) is 0 Å². The summed E-state index contributed by atoms with van der Waals surface area (Å²) in [5, 5.41) is 2.71. The van der Waals surface area contributed by atoms with Crippen molar-refractivity contribution in [1.29, 1.82) is 0 Å². The van der Waals surface area contributed by atoms with E-state index in [1.807, 2.05) is 13.8 Å². The van der Waals surface area contributed by atoms with E-state index in [1.54, 1.807) is 0 Å². The molecular weight excluding hydrogens is 180 g/mol. The summed E-state index contributed by atoms with van der Waals surface area (Å²) in [7, 11) is 0. The summed E-state index contributed by atoms with van der Waals surface area (Å²) in [5.74, 6) is 0. The second-order valence-corrected chi connectivity index (χ2v) is 3.41. The average Bonchev–Trinajstić information content (AvgIpc) is 2.11. The molecule has 0 fully saturated rings. The summed E-state index contributed by atoms with van der Waals surface area (Å²) < 4.78 is 4.93. The molecule has 0 radical (unpaired) electrons. The van der Waals surface area contributed by atoms with Gasteiger partial charge in [-0.3, -0.25) is 0 Å². The predicted molar refractivity (Wildman–Crippen MR) is 57.4 cm³/mol. The summed E-state index contributed by atoms with van der Waals surface area (Å²) in [6.07, 6.45) is -0.379. The number of carbonyl (C=O) groups excluding carboxylic acids is 1. The Kier molecular flexibility index (Phi) is 7.20. The van der Waals surface area contributed by atoms with Crippen LogP contribution in [0.1, 0.15) is 27.7 Å². The van der Waals surface area contributed by atoms with Gasteiger partial charge < -0.3 is 15.0 Å². The average molecular weight is 202 g/mol. The fourth-order valence-corrected chi connectivity index (χ4v) is 1.11. The molecule has 0 aromatic carbocycles. The van der Waals surface area contributed by atoms with E-state index in [2.05, 4.69) is 24.1 Å². The molecule has 0 heterocycles. The van der Waals surface area contributed by atoms with Gasteiger partial charge in [-0.25, -0.2) is 4.79 Å². The van der Waals surface area contributed by atoms with Crippen molar-refractivity contribution >= 4 is 6.09 Å². The van der Waals surface area contributed by atoms with Crippen molar-refractivity contribution in [3.8, 4) is 0 Å². The highest BCUT2D eigenvalue weighted by Gasteiger charge is 2.04. The molecule has 0 saturated heterocycles. The highest BCUT2D eigenvalue weighted by molar-refractivity contribution is 5.67. The molecule has 0 atom stereocenters. The Hall–Kier alpha value is -0.770. The molecule has 0 aliphatic carbocycles. The Morgan fingerprint density at radius 3 is 2.36 bits per heavy atom. The third-order valence-corrected chi connectivity index (χ3v) is 1.93. The molecule has 0 bridgehead atoms. The van der Waals surface area contributed by atoms with Gasteiger partial charge in [0.1, 0.15) is 0 Å². The summed E-state index contributed by atoms with van der Waals surface area (Å²) in [5.41, 5.74) is 0. The van der Waals surface area contributed by atoms with Crippen molar-refractivity contribution < 1.29 is 9.53 Å². The SMILES string of the molecule is CCN(CC)CCNC(=O)OC(C)C. The number of hydrogen-bond donors (Lipinski definition) is 1. The molecular formula is C10H22N2O2. The van der Waals surface area contributed by atoms with Crippen LogP contribution in [0.5, 0.6) is 0 Å². The van der Waals surface area contributed by atoms with Crippen LogP contribution < -0.4 is 5.32 Å². The van der Waals surface area contributed by atoms with Crippen molar-refractivity contribution in [2.24, 2.45) is 0 Å². The van der Waals surface area contributed by atoms with Gasteiger partial charge in [0.25, 0.3) is 0 Å². The lowest BCUT2D eigenvalue weighted by atomic mass is 10.4. The van der Waals surface area contributed by atoms with E-state index in [0.717, 1.165) is 19.6 Å². The van der Waals surface area contributed by atoms with Crippen molar-refractivity contribution in [3.05, 3.63) is 0 Å². The van der Waals surface area contributed by atoms with Gasteiger partial charge in [-0.15, -0.1) is 0 Å². The zero-order valence-electron chi connectivity index (χ0n) is 9.67. The van der Waals surface area contributed by atoms with Gasteiger partial charge in [0, 0.05) is 13.1 Å². The lowest BCUT2D eigenvalue weighted by Crippen LogP contribution is -2.35. The van der Waals surface area contributed by atoms with Crippen molar-refractivity contribution in [2.45, 2.75) is 33.8 Å². The van der Waals surface area contributed by atoms with Gasteiger partial charge >= 0.3 is 6.09 Å². The van der Waals surface area contributed by atoms with Crippen LogP contribution in [0.2, 0.25) is 0 Å². The third-order valence-electron chi connectivity index (χ3n) is 1.93. The summed E-state index contributed by atoms with van der Waals surface area (Å²) in [6.45, 7) is 11.4. The number of likely N-dealkylation sites (N-methyl/N-ethyl adjacent to an activating group) is 1. The number of amides is 1. The normalized spacial score (nSPS) is 10.7. The largest absolute Gasteiger partial charge is 0.447 e. The van der Waals surface area contributed by atoms with Crippen LogP contribution in [-0.4, -0.2) is 43.3 Å². The van der Waals surface area contributed by atoms with Crippen molar-refractivity contribution in [2.75, 3.05) is 26.2 Å². The fraction of sp³-hybridized carbons (Fsp3) is 0.900. The minimum atomic E-state index is -0.327. The molecule has 0 aliphatic rings. The highest BCUT2D eigenvalue weighted by atomic mass is 16.6. The van der Waals surface area contributed by atoms with E-state index in [1.165, 1.54) is 0 Å². The second-order valence-electron chi connectivity index (χ2n) is 3.41. The van der Waals surface area contributed by atoms with Crippen LogP contribution in [0.4, 0.5) is 4.79 Å². The first kappa shape index (κ1) is 13.2. The summed E-state index contributed by atoms with van der Waals surface area (Å²) >= 11 is 0. The molecule has 1 N–H and O–H groups in total. The minimum Gasteiger partial charge on any atom is -0.447 e. The summed E-state index contributed by atoms with van der Waals surface area (Å²) in [6, 6.07) is 0. The van der Waals surface area contributed by atoms with Crippen LogP contribution in [0.3, 0.4) is 0 Å². The lowest BCUT2D eigenvalue weighted by Gasteiger charge is -2.18. The number of hydrogen-bond acceptors (Lipinski definition) is 3. The molecule has 0 unspecified atom stereocenters. The number of alkyl carbamates (subject to hydrolysis) is 1. The minimum absolute atomic E-state index is 0.0524. The molecule has 0 aromatic rings. The van der Waals surface area contributed by atoms with Gasteiger partial charge in [-0.1, -0.05) is 13.8 Å². The van der Waals surface area contributed by atoms with Crippen LogP contribution >= 0.6 is 0 Å². The van der Waals surface area contributed by atoms with E-state index in [-0.39, 0.29) is 12.2 Å². The number of ether oxygens (including phenoxy) is 1. The van der Waals surface area contributed by atoms with Gasteiger partial charge in [0.05, 0.1) is 6.10 Å². The van der Waals surface area contributed by atoms with Crippen LogP contribution in [0.25, 0.3) is 0 Å². The van der Waals surface area contributed by atoms with Crippen LogP contribution in [0.15, 0.2) is 0 Å². The molecule has 84 valence electrons. The maximum Gasteiger partial charge on any atom is 0.407 e. The van der Waals surface area contributed by atoms with E-state index in [9.17, 15) is 4.79 Å². The van der Waals surface area contributed by atoms with Gasteiger partial charge in [0.2, 0.25) is 0 Å². The molecule has 0 spiro atoms. The smallest absolute Gasteiger partial charge is 0.407 e. The maximum atomic E-state index is 11.1. The van der Waals surface area contributed by atoms with Crippen LogP contribution in [-0.2, 0) is 4.74 Å². The van der Waals surface area contributed by atoms with E-state index < -0.39 is 0 Å². The first-order valence-electron chi connectivity index (χ1n) is 5.27. The molecule has 4 nitrogen and oxygen atoms in total. The molecule has 4 heteroatoms. The topological polar surface area (TPSA) is 41.6 Å². The Morgan fingerprint density at radius 1 is 1.36 bits per heavy atom. The first-order valence-corrected chi connectivity index (χ1v) is 5.27. The Balaban J connectivity index is 3.48. The molecule has 0 saturated carbocycles. The lowest BCUT2D eigenvalue weighted by molar-refractivity contribution is 0.114. The zero-order valence-corrected chi connectivity index (χ0v) is 9.67. The molecule has 0 aliphatic heterocycles. The quantitative estimate of drug-likeness (QED) is 0.709. The Labute approximate surface area is 86.6 Å². The fourth-order valence-electron chi connectivity index (χ4n) is 1.11. The van der Waals surface area contributed by atoms with Crippen molar-refractivity contribution in [1.82, 2.24) is 10.2 Å².